The van der Waals surface area contributed by atoms with E-state index in [9.17, 15) is 0 Å². The van der Waals surface area contributed by atoms with E-state index in [4.69, 9.17) is 14.6 Å². The first-order valence-electron chi connectivity index (χ1n) is 3.96. The second-order valence-corrected chi connectivity index (χ2v) is 3.22. The van der Waals surface area contributed by atoms with Crippen LogP contribution in [-0.4, -0.2) is 38.1 Å². The standard InChI is InChI=1S/C8H16O3/c1-7-8(5-9,6-10-2)3-4-11-7/h7,9H,3-6H2,1-2H3. The van der Waals surface area contributed by atoms with Crippen LogP contribution in [0.4, 0.5) is 0 Å². The number of hydrogen-bond acceptors (Lipinski definition) is 3. The van der Waals surface area contributed by atoms with Crippen molar-refractivity contribution in [3.8, 4) is 0 Å². The maximum atomic E-state index is 9.16. The van der Waals surface area contributed by atoms with Crippen molar-refractivity contribution in [1.29, 1.82) is 0 Å². The molecule has 66 valence electrons. The smallest absolute Gasteiger partial charge is 0.0648 e. The molecule has 1 N–H and O–H groups in total. The number of methoxy groups -OCH3 is 1. The third kappa shape index (κ3) is 1.55. The summed E-state index contributed by atoms with van der Waals surface area (Å²) in [7, 11) is 1.66. The third-order valence-electron chi connectivity index (χ3n) is 2.58. The Bertz CT molecular complexity index is 127. The molecule has 1 fully saturated rings. The van der Waals surface area contributed by atoms with Gasteiger partial charge >= 0.3 is 0 Å². The molecule has 0 aromatic heterocycles. The quantitative estimate of drug-likeness (QED) is 0.650. The van der Waals surface area contributed by atoms with Gasteiger partial charge in [0.2, 0.25) is 0 Å². The fourth-order valence-corrected chi connectivity index (χ4v) is 1.55. The molecule has 0 spiro atoms. The van der Waals surface area contributed by atoms with E-state index in [1.165, 1.54) is 0 Å². The number of rotatable bonds is 3. The topological polar surface area (TPSA) is 38.7 Å². The van der Waals surface area contributed by atoms with Gasteiger partial charge < -0.3 is 14.6 Å². The summed E-state index contributed by atoms with van der Waals surface area (Å²) in [5.41, 5.74) is -0.144. The van der Waals surface area contributed by atoms with Crippen LogP contribution in [0.15, 0.2) is 0 Å². The van der Waals surface area contributed by atoms with Crippen LogP contribution in [0, 0.1) is 5.41 Å². The molecule has 0 aliphatic carbocycles. The molecule has 11 heavy (non-hydrogen) atoms. The van der Waals surface area contributed by atoms with E-state index in [1.807, 2.05) is 6.92 Å². The maximum Gasteiger partial charge on any atom is 0.0648 e. The minimum atomic E-state index is -0.144. The number of aliphatic hydroxyl groups excluding tert-OH is 1. The molecular weight excluding hydrogens is 144 g/mol. The van der Waals surface area contributed by atoms with Crippen LogP contribution in [-0.2, 0) is 9.47 Å². The molecule has 1 heterocycles. The second kappa shape index (κ2) is 3.52. The van der Waals surface area contributed by atoms with Crippen LogP contribution in [0.3, 0.4) is 0 Å². The summed E-state index contributed by atoms with van der Waals surface area (Å²) >= 11 is 0. The molecule has 3 heteroatoms. The fourth-order valence-electron chi connectivity index (χ4n) is 1.55. The van der Waals surface area contributed by atoms with Gasteiger partial charge in [0.1, 0.15) is 0 Å². The van der Waals surface area contributed by atoms with Gasteiger partial charge in [-0.15, -0.1) is 0 Å². The Labute approximate surface area is 67.3 Å². The lowest BCUT2D eigenvalue weighted by Crippen LogP contribution is -2.37. The van der Waals surface area contributed by atoms with E-state index >= 15 is 0 Å². The van der Waals surface area contributed by atoms with Crippen LogP contribution in [0.1, 0.15) is 13.3 Å². The summed E-state index contributed by atoms with van der Waals surface area (Å²) < 4.78 is 10.4. The van der Waals surface area contributed by atoms with Gasteiger partial charge in [0.05, 0.1) is 19.3 Å². The van der Waals surface area contributed by atoms with Gasteiger partial charge in [0, 0.05) is 19.1 Å². The Kier molecular flexibility index (Phi) is 2.87. The van der Waals surface area contributed by atoms with E-state index in [2.05, 4.69) is 0 Å². The Morgan fingerprint density at radius 1 is 1.73 bits per heavy atom. The van der Waals surface area contributed by atoms with E-state index in [-0.39, 0.29) is 18.1 Å². The van der Waals surface area contributed by atoms with Gasteiger partial charge in [-0.2, -0.15) is 0 Å². The van der Waals surface area contributed by atoms with E-state index < -0.39 is 0 Å². The van der Waals surface area contributed by atoms with Crippen LogP contribution in [0.25, 0.3) is 0 Å². The van der Waals surface area contributed by atoms with E-state index in [0.717, 1.165) is 13.0 Å². The SMILES string of the molecule is COCC1(CO)CCOC1C. The number of aliphatic hydroxyl groups is 1. The minimum Gasteiger partial charge on any atom is -0.396 e. The first-order chi connectivity index (χ1) is 5.25. The Balaban J connectivity index is 2.57. The lowest BCUT2D eigenvalue weighted by atomic mass is 9.83. The van der Waals surface area contributed by atoms with Crippen molar-refractivity contribution in [3.63, 3.8) is 0 Å². The summed E-state index contributed by atoms with van der Waals surface area (Å²) in [6, 6.07) is 0. The molecule has 3 nitrogen and oxygen atoms in total. The van der Waals surface area contributed by atoms with Crippen molar-refractivity contribution in [2.75, 3.05) is 26.9 Å². The van der Waals surface area contributed by atoms with Crippen molar-refractivity contribution in [3.05, 3.63) is 0 Å². The first-order valence-corrected chi connectivity index (χ1v) is 3.96. The van der Waals surface area contributed by atoms with Crippen LogP contribution in [0.5, 0.6) is 0 Å². The number of hydrogen-bond donors (Lipinski definition) is 1. The van der Waals surface area contributed by atoms with Crippen molar-refractivity contribution in [2.45, 2.75) is 19.4 Å². The molecule has 0 radical (unpaired) electrons. The lowest BCUT2D eigenvalue weighted by Gasteiger charge is -2.28. The highest BCUT2D eigenvalue weighted by molar-refractivity contribution is 4.88. The molecular formula is C8H16O3. The lowest BCUT2D eigenvalue weighted by molar-refractivity contribution is -0.0226. The van der Waals surface area contributed by atoms with Crippen molar-refractivity contribution in [2.24, 2.45) is 5.41 Å². The van der Waals surface area contributed by atoms with Gasteiger partial charge in [-0.05, 0) is 13.3 Å². The molecule has 0 bridgehead atoms. The van der Waals surface area contributed by atoms with Crippen molar-refractivity contribution in [1.82, 2.24) is 0 Å². The summed E-state index contributed by atoms with van der Waals surface area (Å²) in [6.45, 7) is 3.47. The van der Waals surface area contributed by atoms with Crippen LogP contribution < -0.4 is 0 Å². The maximum absolute atomic E-state index is 9.16. The van der Waals surface area contributed by atoms with Crippen LogP contribution >= 0.6 is 0 Å². The molecule has 0 saturated carbocycles. The van der Waals surface area contributed by atoms with E-state index in [1.54, 1.807) is 7.11 Å². The van der Waals surface area contributed by atoms with E-state index in [0.29, 0.717) is 6.61 Å². The molecule has 1 rings (SSSR count). The molecule has 1 saturated heterocycles. The number of ether oxygens (including phenoxy) is 2. The summed E-state index contributed by atoms with van der Waals surface area (Å²) in [5, 5.41) is 9.16. The molecule has 2 atom stereocenters. The molecule has 0 aromatic carbocycles. The normalized spacial score (nSPS) is 37.9. The first kappa shape index (κ1) is 8.97. The predicted molar refractivity (Wildman–Crippen MR) is 41.4 cm³/mol. The van der Waals surface area contributed by atoms with Crippen LogP contribution in [0.2, 0.25) is 0 Å². The second-order valence-electron chi connectivity index (χ2n) is 3.22. The van der Waals surface area contributed by atoms with Gasteiger partial charge in [0.15, 0.2) is 0 Å². The predicted octanol–water partition coefficient (Wildman–Crippen LogP) is 0.420. The molecule has 1 aliphatic rings. The monoisotopic (exact) mass is 160 g/mol. The Morgan fingerprint density at radius 3 is 2.82 bits per heavy atom. The van der Waals surface area contributed by atoms with Gasteiger partial charge in [0.25, 0.3) is 0 Å². The Hall–Kier alpha value is -0.120. The largest absolute Gasteiger partial charge is 0.396 e. The highest BCUT2D eigenvalue weighted by atomic mass is 16.5. The summed E-state index contributed by atoms with van der Waals surface area (Å²) in [5.74, 6) is 0. The fraction of sp³-hybridized carbons (Fsp3) is 1.00. The van der Waals surface area contributed by atoms with Gasteiger partial charge in [-0.25, -0.2) is 0 Å². The van der Waals surface area contributed by atoms with Gasteiger partial charge in [-0.3, -0.25) is 0 Å². The molecule has 0 aromatic rings. The summed E-state index contributed by atoms with van der Waals surface area (Å²) in [4.78, 5) is 0. The average Bonchev–Trinajstić information content (AvgIpc) is 2.35. The van der Waals surface area contributed by atoms with Gasteiger partial charge in [-0.1, -0.05) is 0 Å². The van der Waals surface area contributed by atoms with Crippen molar-refractivity contribution >= 4 is 0 Å². The summed E-state index contributed by atoms with van der Waals surface area (Å²) in [6.07, 6.45) is 1.02. The molecule has 0 amide bonds. The zero-order chi connectivity index (χ0) is 8.32. The Morgan fingerprint density at radius 2 is 2.45 bits per heavy atom. The molecule has 1 aliphatic heterocycles. The zero-order valence-electron chi connectivity index (χ0n) is 7.17. The average molecular weight is 160 g/mol. The highest BCUT2D eigenvalue weighted by Crippen LogP contribution is 2.34. The highest BCUT2D eigenvalue weighted by Gasteiger charge is 2.40. The third-order valence-corrected chi connectivity index (χ3v) is 2.58. The van der Waals surface area contributed by atoms with Crippen molar-refractivity contribution < 1.29 is 14.6 Å². The minimum absolute atomic E-state index is 0.118. The zero-order valence-corrected chi connectivity index (χ0v) is 7.17. The molecule has 2 unspecified atom stereocenters.